The molecule has 1 aromatic heterocycles. The molecule has 1 aromatic rings. The molecule has 0 amide bonds. The summed E-state index contributed by atoms with van der Waals surface area (Å²) in [7, 11) is 0. The molecule has 0 unspecified atom stereocenters. The molecule has 6 heteroatoms. The second-order valence-electron chi connectivity index (χ2n) is 2.37. The molecular weight excluding hydrogens is 200 g/mol. The van der Waals surface area contributed by atoms with Gasteiger partial charge in [-0.2, -0.15) is 5.26 Å². The Morgan fingerprint density at radius 3 is 3.00 bits per heavy atom. The second kappa shape index (κ2) is 5.42. The number of aliphatic hydroxyl groups is 1. The van der Waals surface area contributed by atoms with Crippen molar-refractivity contribution < 1.29 is 5.11 Å². The lowest BCUT2D eigenvalue weighted by Gasteiger charge is -2.06. The van der Waals surface area contributed by atoms with Crippen molar-refractivity contribution in [1.82, 2.24) is 9.97 Å². The van der Waals surface area contributed by atoms with Crippen molar-refractivity contribution in [3.05, 3.63) is 11.9 Å². The smallest absolute Gasteiger partial charge is 0.148 e. The normalized spacial score (nSPS) is 9.50. The lowest BCUT2D eigenvalue weighted by molar-refractivity contribution is 0.311. The van der Waals surface area contributed by atoms with Crippen LogP contribution < -0.4 is 5.32 Å². The second-order valence-corrected chi connectivity index (χ2v) is 3.16. The summed E-state index contributed by atoms with van der Waals surface area (Å²) in [5, 5.41) is 21.0. The van der Waals surface area contributed by atoms with Gasteiger partial charge < -0.3 is 10.4 Å². The van der Waals surface area contributed by atoms with Crippen molar-refractivity contribution in [2.45, 2.75) is 5.03 Å². The highest BCUT2D eigenvalue weighted by atomic mass is 32.2. The van der Waals surface area contributed by atoms with Crippen molar-refractivity contribution in [2.75, 3.05) is 24.7 Å². The van der Waals surface area contributed by atoms with Gasteiger partial charge in [-0.3, -0.25) is 0 Å². The van der Waals surface area contributed by atoms with E-state index in [9.17, 15) is 0 Å². The number of aliphatic hydroxyl groups excluding tert-OH is 1. The summed E-state index contributed by atoms with van der Waals surface area (Å²) in [5.74, 6) is 0.473. The third-order valence-corrected chi connectivity index (χ3v) is 2.22. The molecule has 0 aromatic carbocycles. The average Bonchev–Trinajstić information content (AvgIpc) is 2.25. The van der Waals surface area contributed by atoms with E-state index in [-0.39, 0.29) is 6.61 Å². The van der Waals surface area contributed by atoms with Gasteiger partial charge in [0.25, 0.3) is 0 Å². The van der Waals surface area contributed by atoms with E-state index in [4.69, 9.17) is 10.4 Å². The quantitative estimate of drug-likeness (QED) is 0.555. The van der Waals surface area contributed by atoms with E-state index in [1.54, 1.807) is 0 Å². The Hall–Kier alpha value is -1.32. The van der Waals surface area contributed by atoms with Gasteiger partial charge in [0.15, 0.2) is 0 Å². The van der Waals surface area contributed by atoms with Crippen LogP contribution in [0.4, 0.5) is 5.82 Å². The molecule has 0 spiro atoms. The van der Waals surface area contributed by atoms with Crippen molar-refractivity contribution in [3.8, 4) is 6.07 Å². The molecule has 0 aliphatic rings. The zero-order chi connectivity index (χ0) is 10.4. The first-order chi connectivity index (χ1) is 6.83. The van der Waals surface area contributed by atoms with E-state index in [1.165, 1.54) is 18.1 Å². The summed E-state index contributed by atoms with van der Waals surface area (Å²) in [4.78, 5) is 7.89. The first kappa shape index (κ1) is 10.8. The Kier molecular flexibility index (Phi) is 4.16. The summed E-state index contributed by atoms with van der Waals surface area (Å²) in [6.07, 6.45) is 3.24. The Labute approximate surface area is 86.2 Å². The van der Waals surface area contributed by atoms with Gasteiger partial charge >= 0.3 is 0 Å². The number of nitrogens with zero attached hydrogens (tertiary/aromatic N) is 3. The van der Waals surface area contributed by atoms with Gasteiger partial charge in [0.05, 0.1) is 6.61 Å². The number of rotatable bonds is 4. The van der Waals surface area contributed by atoms with E-state index < -0.39 is 0 Å². The van der Waals surface area contributed by atoms with Crippen LogP contribution in [0.3, 0.4) is 0 Å². The number of aromatic nitrogens is 2. The molecule has 0 saturated carbocycles. The summed E-state index contributed by atoms with van der Waals surface area (Å²) in [6, 6.07) is 2.03. The highest BCUT2D eigenvalue weighted by Crippen LogP contribution is 2.21. The molecular formula is C8H10N4OS. The summed E-state index contributed by atoms with van der Waals surface area (Å²) in [6.45, 7) is 0.378. The van der Waals surface area contributed by atoms with Crippen molar-refractivity contribution in [1.29, 1.82) is 5.26 Å². The molecule has 1 heterocycles. The van der Waals surface area contributed by atoms with Crippen molar-refractivity contribution in [3.63, 3.8) is 0 Å². The number of nitrogens with one attached hydrogen (secondary N) is 1. The van der Waals surface area contributed by atoms with Gasteiger partial charge in [0.1, 0.15) is 28.8 Å². The molecule has 0 fully saturated rings. The Balaban J connectivity index is 2.98. The number of hydrogen-bond donors (Lipinski definition) is 2. The van der Waals surface area contributed by atoms with E-state index in [2.05, 4.69) is 15.3 Å². The van der Waals surface area contributed by atoms with E-state index in [0.29, 0.717) is 23.0 Å². The van der Waals surface area contributed by atoms with Gasteiger partial charge in [-0.05, 0) is 6.26 Å². The maximum absolute atomic E-state index is 8.88. The van der Waals surface area contributed by atoms with E-state index in [0.717, 1.165) is 0 Å². The first-order valence-corrected chi connectivity index (χ1v) is 5.19. The van der Waals surface area contributed by atoms with Gasteiger partial charge in [-0.1, -0.05) is 0 Å². The van der Waals surface area contributed by atoms with E-state index >= 15 is 0 Å². The molecule has 0 atom stereocenters. The fourth-order valence-electron chi connectivity index (χ4n) is 0.933. The van der Waals surface area contributed by atoms with Gasteiger partial charge in [0.2, 0.25) is 0 Å². The molecule has 0 aliphatic carbocycles. The highest BCUT2D eigenvalue weighted by molar-refractivity contribution is 7.98. The van der Waals surface area contributed by atoms with Crippen molar-refractivity contribution in [2.24, 2.45) is 0 Å². The summed E-state index contributed by atoms with van der Waals surface area (Å²) in [5.41, 5.74) is 0.424. The molecule has 0 aliphatic heterocycles. The zero-order valence-electron chi connectivity index (χ0n) is 7.69. The molecule has 0 saturated heterocycles. The molecule has 14 heavy (non-hydrogen) atoms. The highest BCUT2D eigenvalue weighted by Gasteiger charge is 2.08. The van der Waals surface area contributed by atoms with Gasteiger partial charge in [-0.25, -0.2) is 9.97 Å². The fraction of sp³-hybridized carbons (Fsp3) is 0.375. The summed E-state index contributed by atoms with van der Waals surface area (Å²) < 4.78 is 0. The molecule has 74 valence electrons. The summed E-state index contributed by atoms with van der Waals surface area (Å²) >= 11 is 1.39. The predicted octanol–water partition coefficient (Wildman–Crippen LogP) is 0.474. The lowest BCUT2D eigenvalue weighted by Crippen LogP contribution is -2.09. The van der Waals surface area contributed by atoms with Crippen LogP contribution >= 0.6 is 11.8 Å². The Morgan fingerprint density at radius 2 is 2.43 bits per heavy atom. The van der Waals surface area contributed by atoms with E-state index in [1.807, 2.05) is 12.3 Å². The molecule has 5 nitrogen and oxygen atoms in total. The fourth-order valence-corrected chi connectivity index (χ4v) is 1.43. The standard InChI is InChI=1S/C8H10N4OS/c1-14-8-6(4-9)7(10-2-3-13)11-5-12-8/h5,13H,2-3H2,1H3,(H,10,11,12). The first-order valence-electron chi connectivity index (χ1n) is 3.97. The third kappa shape index (κ3) is 2.34. The molecule has 2 N–H and O–H groups in total. The minimum Gasteiger partial charge on any atom is -0.395 e. The predicted molar refractivity (Wildman–Crippen MR) is 54.1 cm³/mol. The Morgan fingerprint density at radius 1 is 1.64 bits per heavy atom. The van der Waals surface area contributed by atoms with Gasteiger partial charge in [-0.15, -0.1) is 11.8 Å². The van der Waals surface area contributed by atoms with Crippen LogP contribution in [0.1, 0.15) is 5.56 Å². The van der Waals surface area contributed by atoms with Crippen LogP contribution in [0.25, 0.3) is 0 Å². The number of hydrogen-bond acceptors (Lipinski definition) is 6. The molecule has 0 radical (unpaired) electrons. The molecule has 1 rings (SSSR count). The van der Waals surface area contributed by atoms with Crippen LogP contribution in [-0.4, -0.2) is 34.5 Å². The average molecular weight is 210 g/mol. The topological polar surface area (TPSA) is 81.8 Å². The van der Waals surface area contributed by atoms with Crippen LogP contribution in [0.5, 0.6) is 0 Å². The van der Waals surface area contributed by atoms with Gasteiger partial charge in [0, 0.05) is 6.54 Å². The number of thioether (sulfide) groups is 1. The SMILES string of the molecule is CSc1ncnc(NCCO)c1C#N. The maximum Gasteiger partial charge on any atom is 0.148 e. The van der Waals surface area contributed by atoms with Crippen LogP contribution in [0.15, 0.2) is 11.4 Å². The largest absolute Gasteiger partial charge is 0.395 e. The van der Waals surface area contributed by atoms with Crippen LogP contribution in [-0.2, 0) is 0 Å². The Bertz CT molecular complexity index is 350. The van der Waals surface area contributed by atoms with Crippen molar-refractivity contribution >= 4 is 17.6 Å². The minimum absolute atomic E-state index is 0.00345. The zero-order valence-corrected chi connectivity index (χ0v) is 8.51. The lowest BCUT2D eigenvalue weighted by atomic mass is 10.3. The third-order valence-electron chi connectivity index (χ3n) is 1.52. The minimum atomic E-state index is 0.00345. The van der Waals surface area contributed by atoms with Crippen LogP contribution in [0.2, 0.25) is 0 Å². The van der Waals surface area contributed by atoms with Crippen LogP contribution in [0, 0.1) is 11.3 Å². The number of anilines is 1. The molecule has 0 bridgehead atoms. The maximum atomic E-state index is 8.88. The monoisotopic (exact) mass is 210 g/mol. The number of nitriles is 1.